The minimum Gasteiger partial charge on any atom is -0.326 e. The van der Waals surface area contributed by atoms with Crippen LogP contribution in [0.3, 0.4) is 0 Å². The molecular formula is C19H21N3O3S. The lowest BCUT2D eigenvalue weighted by molar-refractivity contribution is -0.117. The van der Waals surface area contributed by atoms with Crippen molar-refractivity contribution in [2.75, 3.05) is 5.32 Å². The molecule has 0 spiro atoms. The largest absolute Gasteiger partial charge is 0.326 e. The summed E-state index contributed by atoms with van der Waals surface area (Å²) in [6.07, 6.45) is 1.87. The van der Waals surface area contributed by atoms with Crippen LogP contribution in [0.15, 0.2) is 58.5 Å². The summed E-state index contributed by atoms with van der Waals surface area (Å²) in [5.74, 6) is 0.145. The summed E-state index contributed by atoms with van der Waals surface area (Å²) in [6, 6.07) is 13.7. The number of sulfonamides is 1. The van der Waals surface area contributed by atoms with Gasteiger partial charge in [0.1, 0.15) is 0 Å². The molecule has 26 heavy (non-hydrogen) atoms. The van der Waals surface area contributed by atoms with Crippen molar-refractivity contribution in [3.05, 3.63) is 59.7 Å². The predicted molar refractivity (Wildman–Crippen MR) is 102 cm³/mol. The first kappa shape index (κ1) is 18.1. The fraction of sp³-hybridized carbons (Fsp3) is 0.263. The number of benzene rings is 2. The second-order valence-corrected chi connectivity index (χ2v) is 8.11. The molecule has 0 saturated heterocycles. The van der Waals surface area contributed by atoms with E-state index in [0.717, 1.165) is 24.0 Å². The van der Waals surface area contributed by atoms with Crippen LogP contribution in [0.5, 0.6) is 0 Å². The van der Waals surface area contributed by atoms with Gasteiger partial charge in [0.15, 0.2) is 0 Å². The van der Waals surface area contributed by atoms with E-state index in [1.165, 1.54) is 12.1 Å². The maximum absolute atomic E-state index is 12.3. The Balaban J connectivity index is 1.72. The molecule has 0 radical (unpaired) electrons. The Morgan fingerprint density at radius 2 is 1.81 bits per heavy atom. The minimum atomic E-state index is -3.72. The fourth-order valence-electron chi connectivity index (χ4n) is 2.38. The van der Waals surface area contributed by atoms with Crippen molar-refractivity contribution in [1.29, 1.82) is 0 Å². The molecule has 1 amide bonds. The molecule has 2 aromatic carbocycles. The number of hydrogen-bond acceptors (Lipinski definition) is 4. The summed E-state index contributed by atoms with van der Waals surface area (Å²) < 4.78 is 24.6. The van der Waals surface area contributed by atoms with Gasteiger partial charge < -0.3 is 5.32 Å². The van der Waals surface area contributed by atoms with Gasteiger partial charge in [-0.25, -0.2) is 0 Å². The van der Waals surface area contributed by atoms with Crippen LogP contribution in [0.25, 0.3) is 0 Å². The SMILES string of the molecule is CC(=NNS(=O)(=O)c1ccc(C)cc1)c1cccc(NC(=O)C2CC2)c1. The third kappa shape index (κ3) is 4.49. The summed E-state index contributed by atoms with van der Waals surface area (Å²) in [5, 5.41) is 6.87. The molecule has 2 aromatic rings. The Morgan fingerprint density at radius 1 is 1.12 bits per heavy atom. The number of nitrogens with zero attached hydrogens (tertiary/aromatic N) is 1. The summed E-state index contributed by atoms with van der Waals surface area (Å²) >= 11 is 0. The van der Waals surface area contributed by atoms with E-state index in [1.54, 1.807) is 37.3 Å². The highest BCUT2D eigenvalue weighted by Gasteiger charge is 2.29. The first-order chi connectivity index (χ1) is 12.3. The maximum atomic E-state index is 12.3. The van der Waals surface area contributed by atoms with Crippen molar-refractivity contribution in [1.82, 2.24) is 4.83 Å². The molecule has 1 fully saturated rings. The van der Waals surface area contributed by atoms with E-state index >= 15 is 0 Å². The van der Waals surface area contributed by atoms with Crippen molar-refractivity contribution in [2.24, 2.45) is 11.0 Å². The Labute approximate surface area is 153 Å². The molecule has 0 aromatic heterocycles. The molecule has 7 heteroatoms. The van der Waals surface area contributed by atoms with E-state index in [2.05, 4.69) is 15.2 Å². The topological polar surface area (TPSA) is 87.6 Å². The predicted octanol–water partition coefficient (Wildman–Crippen LogP) is 3.05. The number of hydrogen-bond donors (Lipinski definition) is 2. The molecule has 6 nitrogen and oxygen atoms in total. The van der Waals surface area contributed by atoms with Gasteiger partial charge in [0.2, 0.25) is 5.91 Å². The van der Waals surface area contributed by atoms with Crippen molar-refractivity contribution in [3.8, 4) is 0 Å². The Bertz CT molecular complexity index is 946. The van der Waals surface area contributed by atoms with Gasteiger partial charge in [0.05, 0.1) is 10.6 Å². The number of hydrazone groups is 1. The molecular weight excluding hydrogens is 350 g/mol. The highest BCUT2D eigenvalue weighted by Crippen LogP contribution is 2.30. The number of anilines is 1. The molecule has 3 rings (SSSR count). The van der Waals surface area contributed by atoms with E-state index in [4.69, 9.17) is 0 Å². The monoisotopic (exact) mass is 371 g/mol. The standard InChI is InChI=1S/C19H21N3O3S/c1-13-6-10-18(11-7-13)26(24,25)22-21-14(2)16-4-3-5-17(12-16)20-19(23)15-8-9-15/h3-7,10-12,15,22H,8-9H2,1-2H3,(H,20,23). The third-order valence-electron chi connectivity index (χ3n) is 4.16. The second-order valence-electron chi connectivity index (χ2n) is 6.45. The van der Waals surface area contributed by atoms with Crippen LogP contribution in [-0.2, 0) is 14.8 Å². The molecule has 0 aliphatic heterocycles. The van der Waals surface area contributed by atoms with Gasteiger partial charge >= 0.3 is 0 Å². The van der Waals surface area contributed by atoms with E-state index in [-0.39, 0.29) is 16.7 Å². The second kappa shape index (κ2) is 7.29. The van der Waals surface area contributed by atoms with Gasteiger partial charge in [-0.15, -0.1) is 0 Å². The lowest BCUT2D eigenvalue weighted by Crippen LogP contribution is -2.20. The average Bonchev–Trinajstić information content (AvgIpc) is 3.45. The molecule has 1 saturated carbocycles. The van der Waals surface area contributed by atoms with E-state index in [1.807, 2.05) is 13.0 Å². The van der Waals surface area contributed by atoms with Crippen LogP contribution in [-0.4, -0.2) is 20.0 Å². The molecule has 0 bridgehead atoms. The van der Waals surface area contributed by atoms with Gasteiger partial charge in [-0.3, -0.25) is 4.79 Å². The maximum Gasteiger partial charge on any atom is 0.276 e. The quantitative estimate of drug-likeness (QED) is 0.604. The molecule has 1 aliphatic carbocycles. The molecule has 2 N–H and O–H groups in total. The van der Waals surface area contributed by atoms with Crippen molar-refractivity contribution in [3.63, 3.8) is 0 Å². The number of rotatable bonds is 6. The van der Waals surface area contributed by atoms with Crippen molar-refractivity contribution < 1.29 is 13.2 Å². The molecule has 0 unspecified atom stereocenters. The third-order valence-corrected chi connectivity index (χ3v) is 5.39. The van der Waals surface area contributed by atoms with Crippen LogP contribution in [0.1, 0.15) is 30.9 Å². The molecule has 0 heterocycles. The van der Waals surface area contributed by atoms with Gasteiger partial charge in [-0.2, -0.15) is 18.4 Å². The van der Waals surface area contributed by atoms with Crippen molar-refractivity contribution >= 4 is 27.3 Å². The van der Waals surface area contributed by atoms with Gasteiger partial charge in [0, 0.05) is 11.6 Å². The number of aryl methyl sites for hydroxylation is 1. The van der Waals surface area contributed by atoms with Gasteiger partial charge in [-0.1, -0.05) is 29.8 Å². The van der Waals surface area contributed by atoms with Crippen LogP contribution in [0.4, 0.5) is 5.69 Å². The number of nitrogens with one attached hydrogen (secondary N) is 2. The van der Waals surface area contributed by atoms with Crippen LogP contribution < -0.4 is 10.1 Å². The normalized spacial score (nSPS) is 14.8. The summed E-state index contributed by atoms with van der Waals surface area (Å²) in [6.45, 7) is 3.60. The fourth-order valence-corrected chi connectivity index (χ4v) is 3.23. The lowest BCUT2D eigenvalue weighted by atomic mass is 10.1. The number of amides is 1. The summed E-state index contributed by atoms with van der Waals surface area (Å²) in [7, 11) is -3.72. The van der Waals surface area contributed by atoms with Gasteiger partial charge in [-0.05, 0) is 56.5 Å². The zero-order valence-corrected chi connectivity index (χ0v) is 15.5. The Morgan fingerprint density at radius 3 is 2.46 bits per heavy atom. The Kier molecular flexibility index (Phi) is 5.08. The Hall–Kier alpha value is -2.67. The highest BCUT2D eigenvalue weighted by atomic mass is 32.2. The first-order valence-corrected chi connectivity index (χ1v) is 9.87. The first-order valence-electron chi connectivity index (χ1n) is 8.39. The average molecular weight is 371 g/mol. The van der Waals surface area contributed by atoms with Crippen LogP contribution >= 0.6 is 0 Å². The molecule has 1 aliphatic rings. The van der Waals surface area contributed by atoms with E-state index in [0.29, 0.717) is 11.4 Å². The molecule has 0 atom stereocenters. The lowest BCUT2D eigenvalue weighted by Gasteiger charge is -2.08. The zero-order valence-electron chi connectivity index (χ0n) is 14.7. The van der Waals surface area contributed by atoms with Crippen LogP contribution in [0, 0.1) is 12.8 Å². The van der Waals surface area contributed by atoms with Crippen LogP contribution in [0.2, 0.25) is 0 Å². The number of carbonyl (C=O) groups is 1. The smallest absolute Gasteiger partial charge is 0.276 e. The summed E-state index contributed by atoms with van der Waals surface area (Å²) in [4.78, 5) is 14.3. The highest BCUT2D eigenvalue weighted by molar-refractivity contribution is 7.89. The number of carbonyl (C=O) groups excluding carboxylic acids is 1. The zero-order chi connectivity index (χ0) is 18.7. The van der Waals surface area contributed by atoms with E-state index < -0.39 is 10.0 Å². The molecule has 136 valence electrons. The van der Waals surface area contributed by atoms with E-state index in [9.17, 15) is 13.2 Å². The van der Waals surface area contributed by atoms with Crippen molar-refractivity contribution in [2.45, 2.75) is 31.6 Å². The van der Waals surface area contributed by atoms with Gasteiger partial charge in [0.25, 0.3) is 10.0 Å². The summed E-state index contributed by atoms with van der Waals surface area (Å²) in [5.41, 5.74) is 2.89. The minimum absolute atomic E-state index is 0.0248.